The van der Waals surface area contributed by atoms with E-state index in [1.165, 1.54) is 22.5 Å². The van der Waals surface area contributed by atoms with Crippen molar-refractivity contribution >= 4 is 33.2 Å². The highest BCUT2D eigenvalue weighted by Crippen LogP contribution is 2.30. The topological polar surface area (TPSA) is 84.9 Å². The lowest BCUT2D eigenvalue weighted by Crippen LogP contribution is -2.31. The van der Waals surface area contributed by atoms with Gasteiger partial charge in [0.1, 0.15) is 22.1 Å². The summed E-state index contributed by atoms with van der Waals surface area (Å²) >= 11 is 6.02. The van der Waals surface area contributed by atoms with Gasteiger partial charge in [-0.25, -0.2) is 8.42 Å². The van der Waals surface area contributed by atoms with E-state index in [0.717, 1.165) is 0 Å². The number of halogens is 1. The van der Waals surface area contributed by atoms with Gasteiger partial charge in [-0.2, -0.15) is 4.31 Å². The monoisotopic (exact) mass is 488 g/mol. The van der Waals surface area contributed by atoms with Crippen LogP contribution >= 0.6 is 11.6 Å². The van der Waals surface area contributed by atoms with E-state index in [0.29, 0.717) is 30.3 Å². The second kappa shape index (κ2) is 11.2. The molecule has 0 aliphatic carbocycles. The van der Waals surface area contributed by atoms with Gasteiger partial charge in [0.15, 0.2) is 6.61 Å². The Hall–Kier alpha value is -3.07. The van der Waals surface area contributed by atoms with Crippen LogP contribution in [-0.4, -0.2) is 38.3 Å². The summed E-state index contributed by atoms with van der Waals surface area (Å²) in [5, 5.41) is 2.97. The van der Waals surface area contributed by atoms with Gasteiger partial charge in [0.25, 0.3) is 5.91 Å². The van der Waals surface area contributed by atoms with Crippen molar-refractivity contribution in [1.82, 2.24) is 4.31 Å². The van der Waals surface area contributed by atoms with Crippen LogP contribution in [0.4, 0.5) is 5.69 Å². The number of ether oxygens (including phenoxy) is 2. The molecule has 0 aliphatic rings. The Balaban J connectivity index is 1.64. The third-order valence-electron chi connectivity index (χ3n) is 4.70. The molecule has 0 aromatic heterocycles. The number of benzene rings is 3. The first-order chi connectivity index (χ1) is 15.8. The average Bonchev–Trinajstić information content (AvgIpc) is 2.81. The number of hydrogen-bond acceptors (Lipinski definition) is 5. The smallest absolute Gasteiger partial charge is 0.262 e. The van der Waals surface area contributed by atoms with Crippen molar-refractivity contribution in [3.05, 3.63) is 77.8 Å². The minimum atomic E-state index is -3.81. The van der Waals surface area contributed by atoms with Gasteiger partial charge in [-0.15, -0.1) is 0 Å². The Bertz CT molecular complexity index is 1180. The maximum absolute atomic E-state index is 12.9. The number of carbonyl (C=O) groups is 1. The summed E-state index contributed by atoms with van der Waals surface area (Å²) in [7, 11) is -3.81. The van der Waals surface area contributed by atoms with Crippen LogP contribution in [0.3, 0.4) is 0 Å². The van der Waals surface area contributed by atoms with Crippen LogP contribution in [0, 0.1) is 0 Å². The molecule has 0 heterocycles. The molecule has 0 saturated carbocycles. The molecule has 3 aromatic carbocycles. The fourth-order valence-corrected chi connectivity index (χ4v) is 4.93. The van der Waals surface area contributed by atoms with Gasteiger partial charge in [0.2, 0.25) is 10.0 Å². The Kier molecular flexibility index (Phi) is 8.32. The fraction of sp³-hybridized carbons (Fsp3) is 0.208. The molecule has 0 unspecified atom stereocenters. The van der Waals surface area contributed by atoms with E-state index in [1.807, 2.05) is 30.3 Å². The quantitative estimate of drug-likeness (QED) is 0.425. The molecule has 0 radical (unpaired) electrons. The zero-order chi connectivity index (χ0) is 23.8. The van der Waals surface area contributed by atoms with Crippen molar-refractivity contribution in [2.75, 3.05) is 25.0 Å². The first kappa shape index (κ1) is 24.6. The Morgan fingerprint density at radius 3 is 2.21 bits per heavy atom. The number of nitrogens with one attached hydrogen (secondary N) is 1. The van der Waals surface area contributed by atoms with Gasteiger partial charge in [-0.05, 0) is 54.6 Å². The molecular formula is C24H25ClN2O5S. The van der Waals surface area contributed by atoms with E-state index in [1.54, 1.807) is 38.1 Å². The number of nitrogens with zero attached hydrogens (tertiary/aromatic N) is 1. The molecule has 9 heteroatoms. The minimum Gasteiger partial charge on any atom is -0.482 e. The lowest BCUT2D eigenvalue weighted by Gasteiger charge is -2.20. The maximum Gasteiger partial charge on any atom is 0.262 e. The molecule has 0 fully saturated rings. The Morgan fingerprint density at radius 1 is 0.939 bits per heavy atom. The van der Waals surface area contributed by atoms with E-state index in [4.69, 9.17) is 21.1 Å². The molecule has 0 aliphatic heterocycles. The molecular weight excluding hydrogens is 464 g/mol. The van der Waals surface area contributed by atoms with E-state index < -0.39 is 15.9 Å². The third kappa shape index (κ3) is 6.47. The normalized spacial score (nSPS) is 11.3. The Morgan fingerprint density at radius 2 is 1.58 bits per heavy atom. The minimum absolute atomic E-state index is 0.0630. The highest BCUT2D eigenvalue weighted by atomic mass is 35.5. The molecule has 7 nitrogen and oxygen atoms in total. The summed E-state index contributed by atoms with van der Waals surface area (Å²) in [6.45, 7) is 3.72. The lowest BCUT2D eigenvalue weighted by molar-refractivity contribution is -0.118. The van der Waals surface area contributed by atoms with Gasteiger partial charge >= 0.3 is 0 Å². The van der Waals surface area contributed by atoms with Gasteiger partial charge in [0.05, 0.1) is 0 Å². The van der Waals surface area contributed by atoms with Crippen molar-refractivity contribution in [2.24, 2.45) is 0 Å². The molecule has 0 bridgehead atoms. The van der Waals surface area contributed by atoms with Crippen LogP contribution in [0.25, 0.3) is 0 Å². The average molecular weight is 489 g/mol. The van der Waals surface area contributed by atoms with Crippen LogP contribution in [0.2, 0.25) is 5.02 Å². The predicted octanol–water partition coefficient (Wildman–Crippen LogP) is 5.18. The van der Waals surface area contributed by atoms with E-state index in [2.05, 4.69) is 5.32 Å². The fourth-order valence-electron chi connectivity index (χ4n) is 3.08. The Labute approximate surface area is 198 Å². The molecule has 3 rings (SSSR count). The summed E-state index contributed by atoms with van der Waals surface area (Å²) < 4.78 is 38.5. The number of anilines is 1. The summed E-state index contributed by atoms with van der Waals surface area (Å²) in [6.07, 6.45) is 0. The van der Waals surface area contributed by atoms with Crippen molar-refractivity contribution in [3.63, 3.8) is 0 Å². The summed E-state index contributed by atoms with van der Waals surface area (Å²) in [5.74, 6) is 0.963. The van der Waals surface area contributed by atoms with Gasteiger partial charge in [0, 0.05) is 23.8 Å². The van der Waals surface area contributed by atoms with Crippen molar-refractivity contribution in [1.29, 1.82) is 0 Å². The van der Waals surface area contributed by atoms with Gasteiger partial charge in [-0.1, -0.05) is 43.6 Å². The van der Waals surface area contributed by atoms with E-state index >= 15 is 0 Å². The van der Waals surface area contributed by atoms with Crippen molar-refractivity contribution in [2.45, 2.75) is 18.7 Å². The van der Waals surface area contributed by atoms with Crippen LogP contribution in [0.1, 0.15) is 13.8 Å². The number of carbonyl (C=O) groups excluding carboxylic acids is 1. The molecule has 0 spiro atoms. The molecule has 33 heavy (non-hydrogen) atoms. The third-order valence-corrected chi connectivity index (χ3v) is 7.01. The number of amides is 1. The largest absolute Gasteiger partial charge is 0.482 e. The molecule has 1 amide bonds. The number of hydrogen-bond donors (Lipinski definition) is 1. The second-order valence-electron chi connectivity index (χ2n) is 6.96. The highest BCUT2D eigenvalue weighted by Gasteiger charge is 2.26. The molecule has 3 aromatic rings. The first-order valence-electron chi connectivity index (χ1n) is 10.4. The summed E-state index contributed by atoms with van der Waals surface area (Å²) in [5.41, 5.74) is 0.552. The van der Waals surface area contributed by atoms with E-state index in [-0.39, 0.29) is 22.3 Å². The SMILES string of the molecule is CCN(CC)S(=O)(=O)c1cc(Cl)ccc1OCC(=O)Nc1ccc(Oc2ccccc2)cc1. The lowest BCUT2D eigenvalue weighted by atomic mass is 10.3. The van der Waals surface area contributed by atoms with Crippen molar-refractivity contribution in [3.8, 4) is 17.2 Å². The van der Waals surface area contributed by atoms with E-state index in [9.17, 15) is 13.2 Å². The maximum atomic E-state index is 12.9. The number of para-hydroxylation sites is 1. The van der Waals surface area contributed by atoms with Gasteiger partial charge < -0.3 is 14.8 Å². The molecule has 0 atom stereocenters. The van der Waals surface area contributed by atoms with Crippen LogP contribution in [0.15, 0.2) is 77.7 Å². The second-order valence-corrected chi connectivity index (χ2v) is 9.30. The van der Waals surface area contributed by atoms with Crippen LogP contribution < -0.4 is 14.8 Å². The number of sulfonamides is 1. The first-order valence-corrected chi connectivity index (χ1v) is 12.2. The highest BCUT2D eigenvalue weighted by molar-refractivity contribution is 7.89. The molecule has 1 N–H and O–H groups in total. The van der Waals surface area contributed by atoms with Crippen molar-refractivity contribution < 1.29 is 22.7 Å². The van der Waals surface area contributed by atoms with Gasteiger partial charge in [-0.3, -0.25) is 4.79 Å². The standard InChI is InChI=1S/C24H25ClN2O5S/c1-3-27(4-2)33(29,30)23-16-18(25)10-15-22(23)31-17-24(28)26-19-11-13-21(14-12-19)32-20-8-6-5-7-9-20/h5-16H,3-4,17H2,1-2H3,(H,26,28). The number of rotatable bonds is 10. The zero-order valence-corrected chi connectivity index (χ0v) is 19.9. The zero-order valence-electron chi connectivity index (χ0n) is 18.3. The summed E-state index contributed by atoms with van der Waals surface area (Å²) in [4.78, 5) is 12.3. The molecule has 174 valence electrons. The predicted molar refractivity (Wildman–Crippen MR) is 129 cm³/mol. The molecule has 0 saturated heterocycles. The van der Waals surface area contributed by atoms with Crippen LogP contribution in [0.5, 0.6) is 17.2 Å². The summed E-state index contributed by atoms with van der Waals surface area (Å²) in [6, 6.07) is 20.5. The van der Waals surface area contributed by atoms with Crippen LogP contribution in [-0.2, 0) is 14.8 Å².